The number of nitrogen functional groups attached to an aromatic ring is 1. The molecular weight excluding hydrogens is 273 g/mol. The van der Waals surface area contributed by atoms with Gasteiger partial charge < -0.3 is 10.3 Å². The molecular formula is C8H13F3N4O2S. The predicted octanol–water partition coefficient (Wildman–Crippen LogP) is 0.623. The number of aryl methyl sites for hydroxylation is 1. The number of hydrogen-bond donors (Lipinski definition) is 2. The molecule has 0 radical (unpaired) electrons. The van der Waals surface area contributed by atoms with Gasteiger partial charge in [0.1, 0.15) is 0 Å². The molecule has 1 aromatic heterocycles. The smallest absolute Gasteiger partial charge is 0.381 e. The van der Waals surface area contributed by atoms with Gasteiger partial charge in [-0.15, -0.1) is 0 Å². The second-order valence-electron chi connectivity index (χ2n) is 3.66. The second kappa shape index (κ2) is 5.14. The van der Waals surface area contributed by atoms with Gasteiger partial charge in [-0.2, -0.15) is 13.2 Å². The molecule has 104 valence electrons. The number of aromatic nitrogens is 2. The molecule has 0 aromatic carbocycles. The van der Waals surface area contributed by atoms with Crippen molar-refractivity contribution in [1.82, 2.24) is 14.3 Å². The van der Waals surface area contributed by atoms with Crippen LogP contribution in [0.2, 0.25) is 0 Å². The first-order valence-electron chi connectivity index (χ1n) is 4.97. The maximum atomic E-state index is 11.9. The number of sulfonamides is 1. The van der Waals surface area contributed by atoms with Gasteiger partial charge in [0.25, 0.3) is 10.0 Å². The predicted molar refractivity (Wildman–Crippen MR) is 58.1 cm³/mol. The quantitative estimate of drug-likeness (QED) is 0.777. The van der Waals surface area contributed by atoms with Crippen molar-refractivity contribution in [3.8, 4) is 0 Å². The van der Waals surface area contributed by atoms with Crippen LogP contribution in [0.5, 0.6) is 0 Å². The highest BCUT2D eigenvalue weighted by Crippen LogP contribution is 2.21. The van der Waals surface area contributed by atoms with E-state index in [1.54, 1.807) is 0 Å². The lowest BCUT2D eigenvalue weighted by Gasteiger charge is -2.09. The van der Waals surface area contributed by atoms with Crippen molar-refractivity contribution >= 4 is 15.8 Å². The first-order valence-corrected chi connectivity index (χ1v) is 6.45. The third-order valence-corrected chi connectivity index (χ3v) is 3.68. The van der Waals surface area contributed by atoms with Crippen molar-refractivity contribution in [3.05, 3.63) is 6.33 Å². The molecule has 0 bridgehead atoms. The number of imidazole rings is 1. The molecule has 0 saturated heterocycles. The monoisotopic (exact) mass is 286 g/mol. The molecule has 6 nitrogen and oxygen atoms in total. The summed E-state index contributed by atoms with van der Waals surface area (Å²) in [5, 5.41) is -0.255. The molecule has 0 saturated carbocycles. The largest absolute Gasteiger partial charge is 0.389 e. The lowest BCUT2D eigenvalue weighted by molar-refractivity contribution is -0.135. The van der Waals surface area contributed by atoms with E-state index in [1.165, 1.54) is 17.9 Å². The van der Waals surface area contributed by atoms with Crippen LogP contribution in [-0.4, -0.2) is 30.7 Å². The standard InChI is InChI=1S/C8H13F3N4O2S/c1-15-5-13-6(12)7(15)18(16,17)14-4-2-3-8(9,10)11/h5,14H,2-4,12H2,1H3. The summed E-state index contributed by atoms with van der Waals surface area (Å²) in [5.41, 5.74) is 5.37. The van der Waals surface area contributed by atoms with Gasteiger partial charge in [0, 0.05) is 20.0 Å². The average Bonchev–Trinajstić information content (AvgIpc) is 2.52. The van der Waals surface area contributed by atoms with E-state index in [0.29, 0.717) is 0 Å². The van der Waals surface area contributed by atoms with Gasteiger partial charge in [0.15, 0.2) is 10.8 Å². The van der Waals surface area contributed by atoms with E-state index in [1.807, 2.05) is 4.72 Å². The Kier molecular flexibility index (Phi) is 4.22. The minimum atomic E-state index is -4.29. The number of nitrogens with two attached hydrogens (primary N) is 1. The Morgan fingerprint density at radius 1 is 1.50 bits per heavy atom. The summed E-state index contributed by atoms with van der Waals surface area (Å²) in [6.07, 6.45) is -4.46. The average molecular weight is 286 g/mol. The number of anilines is 1. The van der Waals surface area contributed by atoms with Crippen molar-refractivity contribution in [2.45, 2.75) is 24.0 Å². The maximum absolute atomic E-state index is 11.9. The molecule has 0 atom stereocenters. The van der Waals surface area contributed by atoms with E-state index in [0.717, 1.165) is 0 Å². The number of hydrogen-bond acceptors (Lipinski definition) is 4. The molecule has 10 heteroatoms. The fourth-order valence-electron chi connectivity index (χ4n) is 1.33. The SMILES string of the molecule is Cn1cnc(N)c1S(=O)(=O)NCCCC(F)(F)F. The van der Waals surface area contributed by atoms with E-state index in [-0.39, 0.29) is 23.8 Å². The molecule has 1 heterocycles. The van der Waals surface area contributed by atoms with E-state index >= 15 is 0 Å². The van der Waals surface area contributed by atoms with Crippen LogP contribution in [0.4, 0.5) is 19.0 Å². The zero-order valence-electron chi connectivity index (χ0n) is 9.53. The van der Waals surface area contributed by atoms with Crippen molar-refractivity contribution in [2.75, 3.05) is 12.3 Å². The summed E-state index contributed by atoms with van der Waals surface area (Å²) >= 11 is 0. The summed E-state index contributed by atoms with van der Waals surface area (Å²) in [4.78, 5) is 3.59. The number of rotatable bonds is 5. The molecule has 3 N–H and O–H groups in total. The minimum Gasteiger partial charge on any atom is -0.381 e. The summed E-state index contributed by atoms with van der Waals surface area (Å²) < 4.78 is 62.3. The van der Waals surface area contributed by atoms with Gasteiger partial charge in [-0.05, 0) is 6.42 Å². The van der Waals surface area contributed by atoms with Crippen LogP contribution in [0.3, 0.4) is 0 Å². The minimum absolute atomic E-state index is 0.194. The van der Waals surface area contributed by atoms with Gasteiger partial charge in [0.2, 0.25) is 0 Å². The highest BCUT2D eigenvalue weighted by Gasteiger charge is 2.27. The van der Waals surface area contributed by atoms with E-state index in [2.05, 4.69) is 4.98 Å². The molecule has 0 unspecified atom stereocenters. The van der Waals surface area contributed by atoms with Crippen molar-refractivity contribution < 1.29 is 21.6 Å². The molecule has 0 aliphatic rings. The maximum Gasteiger partial charge on any atom is 0.389 e. The van der Waals surface area contributed by atoms with Crippen molar-refractivity contribution in [1.29, 1.82) is 0 Å². The topological polar surface area (TPSA) is 90.0 Å². The molecule has 0 aliphatic heterocycles. The third kappa shape index (κ3) is 3.88. The van der Waals surface area contributed by atoms with Gasteiger partial charge in [-0.25, -0.2) is 18.1 Å². The molecule has 1 rings (SSSR count). The molecule has 1 aromatic rings. The van der Waals surface area contributed by atoms with E-state index in [9.17, 15) is 21.6 Å². The number of nitrogens with one attached hydrogen (secondary N) is 1. The highest BCUT2D eigenvalue weighted by molar-refractivity contribution is 7.89. The van der Waals surface area contributed by atoms with Gasteiger partial charge in [0.05, 0.1) is 6.33 Å². The van der Waals surface area contributed by atoms with Crippen LogP contribution >= 0.6 is 0 Å². The van der Waals surface area contributed by atoms with Crippen molar-refractivity contribution in [2.24, 2.45) is 7.05 Å². The Balaban J connectivity index is 2.62. The van der Waals surface area contributed by atoms with Crippen molar-refractivity contribution in [3.63, 3.8) is 0 Å². The summed E-state index contributed by atoms with van der Waals surface area (Å²) in [7, 11) is -2.51. The molecule has 0 amide bonds. The zero-order valence-corrected chi connectivity index (χ0v) is 10.3. The van der Waals surface area contributed by atoms with E-state index in [4.69, 9.17) is 5.73 Å². The van der Waals surface area contributed by atoms with Crippen LogP contribution in [0.1, 0.15) is 12.8 Å². The Labute approximate surface area is 102 Å². The Bertz CT molecular complexity index is 489. The highest BCUT2D eigenvalue weighted by atomic mass is 32.2. The van der Waals surface area contributed by atoms with Crippen LogP contribution in [0.15, 0.2) is 11.4 Å². The van der Waals surface area contributed by atoms with Gasteiger partial charge in [-0.1, -0.05) is 0 Å². The Hall–Kier alpha value is -1.29. The van der Waals surface area contributed by atoms with Crippen LogP contribution in [0.25, 0.3) is 0 Å². The first kappa shape index (κ1) is 14.8. The number of nitrogens with zero attached hydrogens (tertiary/aromatic N) is 2. The zero-order chi connectivity index (χ0) is 14.0. The summed E-state index contributed by atoms with van der Waals surface area (Å²) in [6.45, 7) is -0.313. The van der Waals surface area contributed by atoms with Crippen LogP contribution < -0.4 is 10.5 Å². The lowest BCUT2D eigenvalue weighted by Crippen LogP contribution is -2.28. The summed E-state index contributed by atoms with van der Waals surface area (Å²) in [5.74, 6) is -0.194. The summed E-state index contributed by atoms with van der Waals surface area (Å²) in [6, 6.07) is 0. The Morgan fingerprint density at radius 3 is 2.56 bits per heavy atom. The van der Waals surface area contributed by atoms with Gasteiger partial charge in [-0.3, -0.25) is 0 Å². The molecule has 0 fully saturated rings. The van der Waals surface area contributed by atoms with Crippen LogP contribution in [-0.2, 0) is 17.1 Å². The third-order valence-electron chi connectivity index (χ3n) is 2.09. The second-order valence-corrected chi connectivity index (χ2v) is 5.34. The number of halogens is 3. The molecule has 18 heavy (non-hydrogen) atoms. The van der Waals surface area contributed by atoms with Gasteiger partial charge >= 0.3 is 6.18 Å². The fraction of sp³-hybridized carbons (Fsp3) is 0.625. The number of alkyl halides is 3. The fourth-order valence-corrected chi connectivity index (χ4v) is 2.63. The lowest BCUT2D eigenvalue weighted by atomic mass is 10.3. The molecule has 0 spiro atoms. The molecule has 0 aliphatic carbocycles. The van der Waals surface area contributed by atoms with Crippen LogP contribution in [0, 0.1) is 0 Å². The first-order chi connectivity index (χ1) is 8.13. The Morgan fingerprint density at radius 2 is 2.11 bits per heavy atom. The normalized spacial score (nSPS) is 12.9. The van der Waals surface area contributed by atoms with E-state index < -0.39 is 22.6 Å².